The third-order valence-corrected chi connectivity index (χ3v) is 2.99. The molecule has 1 aliphatic rings. The average molecular weight is 236 g/mol. The lowest BCUT2D eigenvalue weighted by molar-refractivity contribution is -0.136. The number of piperidine rings is 1. The Labute approximate surface area is 99.8 Å². The SMILES string of the molecule is CN(Cc1ccoc1)C(=O)C1CCC(=O)NC1. The molecule has 2 amide bonds. The fourth-order valence-corrected chi connectivity index (χ4v) is 1.99. The Morgan fingerprint density at radius 3 is 3.06 bits per heavy atom. The number of furan rings is 1. The third-order valence-electron chi connectivity index (χ3n) is 2.99. The number of nitrogens with one attached hydrogen (secondary N) is 1. The molecule has 17 heavy (non-hydrogen) atoms. The highest BCUT2D eigenvalue weighted by molar-refractivity contribution is 5.83. The standard InChI is InChI=1S/C12H16N2O3/c1-14(7-9-4-5-17-8-9)12(16)10-2-3-11(15)13-6-10/h4-5,8,10H,2-3,6-7H2,1H3,(H,13,15). The van der Waals surface area contributed by atoms with Crippen molar-refractivity contribution in [1.29, 1.82) is 0 Å². The highest BCUT2D eigenvalue weighted by atomic mass is 16.3. The molecule has 0 bridgehead atoms. The normalized spacial score (nSPS) is 19.8. The van der Waals surface area contributed by atoms with Crippen molar-refractivity contribution in [3.05, 3.63) is 24.2 Å². The van der Waals surface area contributed by atoms with Gasteiger partial charge in [0, 0.05) is 32.1 Å². The van der Waals surface area contributed by atoms with Gasteiger partial charge in [0.05, 0.1) is 18.4 Å². The van der Waals surface area contributed by atoms with Crippen LogP contribution in [0.25, 0.3) is 0 Å². The Balaban J connectivity index is 1.88. The van der Waals surface area contributed by atoms with Crippen molar-refractivity contribution < 1.29 is 14.0 Å². The van der Waals surface area contributed by atoms with E-state index in [1.165, 1.54) is 0 Å². The molecule has 0 spiro atoms. The topological polar surface area (TPSA) is 62.6 Å². The maximum atomic E-state index is 12.1. The van der Waals surface area contributed by atoms with Gasteiger partial charge in [-0.2, -0.15) is 0 Å². The number of amides is 2. The smallest absolute Gasteiger partial charge is 0.227 e. The quantitative estimate of drug-likeness (QED) is 0.843. The highest BCUT2D eigenvalue weighted by Gasteiger charge is 2.26. The number of nitrogens with zero attached hydrogens (tertiary/aromatic N) is 1. The van der Waals surface area contributed by atoms with Crippen molar-refractivity contribution in [1.82, 2.24) is 10.2 Å². The first-order valence-electron chi connectivity index (χ1n) is 5.69. The zero-order chi connectivity index (χ0) is 12.3. The summed E-state index contributed by atoms with van der Waals surface area (Å²) in [5.41, 5.74) is 0.973. The van der Waals surface area contributed by atoms with Crippen LogP contribution >= 0.6 is 0 Å². The lowest BCUT2D eigenvalue weighted by Crippen LogP contribution is -2.43. The van der Waals surface area contributed by atoms with Gasteiger partial charge in [-0.3, -0.25) is 9.59 Å². The van der Waals surface area contributed by atoms with Crippen LogP contribution in [-0.4, -0.2) is 30.3 Å². The predicted octanol–water partition coefficient (Wildman–Crippen LogP) is 0.764. The molecule has 1 atom stereocenters. The fraction of sp³-hybridized carbons (Fsp3) is 0.500. The molecule has 0 radical (unpaired) electrons. The van der Waals surface area contributed by atoms with E-state index in [1.54, 1.807) is 24.5 Å². The third kappa shape index (κ3) is 2.87. The summed E-state index contributed by atoms with van der Waals surface area (Å²) in [6.45, 7) is 0.993. The molecule has 2 heterocycles. The van der Waals surface area contributed by atoms with Crippen LogP contribution in [0.15, 0.2) is 23.0 Å². The van der Waals surface area contributed by atoms with E-state index >= 15 is 0 Å². The number of carbonyl (C=O) groups is 2. The monoisotopic (exact) mass is 236 g/mol. The van der Waals surface area contributed by atoms with Crippen LogP contribution < -0.4 is 5.32 Å². The number of hydrogen-bond donors (Lipinski definition) is 1. The Bertz CT molecular complexity index is 390. The van der Waals surface area contributed by atoms with Crippen molar-refractivity contribution in [2.45, 2.75) is 19.4 Å². The van der Waals surface area contributed by atoms with Crippen LogP contribution in [0, 0.1) is 5.92 Å². The molecule has 0 saturated carbocycles. The summed E-state index contributed by atoms with van der Waals surface area (Å²) in [7, 11) is 1.77. The maximum Gasteiger partial charge on any atom is 0.227 e. The van der Waals surface area contributed by atoms with E-state index in [0.29, 0.717) is 25.9 Å². The molecule has 1 aromatic rings. The fourth-order valence-electron chi connectivity index (χ4n) is 1.99. The molecule has 5 heteroatoms. The minimum absolute atomic E-state index is 0.0338. The van der Waals surface area contributed by atoms with Gasteiger partial charge < -0.3 is 14.6 Å². The summed E-state index contributed by atoms with van der Waals surface area (Å²) in [6.07, 6.45) is 4.30. The van der Waals surface area contributed by atoms with Gasteiger partial charge in [-0.15, -0.1) is 0 Å². The van der Waals surface area contributed by atoms with Crippen molar-refractivity contribution in [2.24, 2.45) is 5.92 Å². The van der Waals surface area contributed by atoms with Crippen LogP contribution in [0.1, 0.15) is 18.4 Å². The summed E-state index contributed by atoms with van der Waals surface area (Å²) in [4.78, 5) is 24.8. The minimum atomic E-state index is -0.0930. The second-order valence-corrected chi connectivity index (χ2v) is 4.37. The molecule has 2 rings (SSSR count). The molecular formula is C12H16N2O3. The van der Waals surface area contributed by atoms with E-state index in [9.17, 15) is 9.59 Å². The van der Waals surface area contributed by atoms with Crippen molar-refractivity contribution in [2.75, 3.05) is 13.6 Å². The van der Waals surface area contributed by atoms with Gasteiger partial charge in [0.2, 0.25) is 11.8 Å². The Morgan fingerprint density at radius 1 is 1.65 bits per heavy atom. The van der Waals surface area contributed by atoms with Crippen molar-refractivity contribution >= 4 is 11.8 Å². The largest absolute Gasteiger partial charge is 0.472 e. The molecule has 0 aliphatic carbocycles. The van der Waals surface area contributed by atoms with Gasteiger partial charge in [-0.25, -0.2) is 0 Å². The van der Waals surface area contributed by atoms with Gasteiger partial charge in [0.1, 0.15) is 0 Å². The summed E-state index contributed by atoms with van der Waals surface area (Å²) in [5.74, 6) is 0.0161. The lowest BCUT2D eigenvalue weighted by atomic mass is 9.98. The van der Waals surface area contributed by atoms with Gasteiger partial charge in [0.25, 0.3) is 0 Å². The lowest BCUT2D eigenvalue weighted by Gasteiger charge is -2.26. The summed E-state index contributed by atoms with van der Waals surface area (Å²) in [5, 5.41) is 2.72. The van der Waals surface area contributed by atoms with E-state index in [2.05, 4.69) is 5.32 Å². The van der Waals surface area contributed by atoms with Gasteiger partial charge in [0.15, 0.2) is 0 Å². The number of rotatable bonds is 3. The van der Waals surface area contributed by atoms with Crippen LogP contribution in [0.4, 0.5) is 0 Å². The molecule has 92 valence electrons. The highest BCUT2D eigenvalue weighted by Crippen LogP contribution is 2.15. The maximum absolute atomic E-state index is 12.1. The molecule has 1 fully saturated rings. The predicted molar refractivity (Wildman–Crippen MR) is 60.9 cm³/mol. The molecule has 1 aliphatic heterocycles. The molecule has 1 aromatic heterocycles. The van der Waals surface area contributed by atoms with E-state index in [-0.39, 0.29) is 17.7 Å². The van der Waals surface area contributed by atoms with Crippen LogP contribution in [-0.2, 0) is 16.1 Å². The van der Waals surface area contributed by atoms with E-state index in [1.807, 2.05) is 6.07 Å². The zero-order valence-corrected chi connectivity index (χ0v) is 9.81. The van der Waals surface area contributed by atoms with Gasteiger partial charge in [-0.1, -0.05) is 0 Å². The number of carbonyl (C=O) groups excluding carboxylic acids is 2. The van der Waals surface area contributed by atoms with E-state index in [4.69, 9.17) is 4.42 Å². The summed E-state index contributed by atoms with van der Waals surface area (Å²) >= 11 is 0. The van der Waals surface area contributed by atoms with Gasteiger partial charge >= 0.3 is 0 Å². The number of hydrogen-bond acceptors (Lipinski definition) is 3. The first-order valence-corrected chi connectivity index (χ1v) is 5.69. The Hall–Kier alpha value is -1.78. The molecular weight excluding hydrogens is 220 g/mol. The first-order chi connectivity index (χ1) is 8.16. The Morgan fingerprint density at radius 2 is 2.47 bits per heavy atom. The average Bonchev–Trinajstić information content (AvgIpc) is 2.82. The molecule has 1 saturated heterocycles. The van der Waals surface area contributed by atoms with Gasteiger partial charge in [-0.05, 0) is 12.5 Å². The second-order valence-electron chi connectivity index (χ2n) is 4.37. The van der Waals surface area contributed by atoms with Crippen molar-refractivity contribution in [3.63, 3.8) is 0 Å². The minimum Gasteiger partial charge on any atom is -0.472 e. The molecule has 5 nitrogen and oxygen atoms in total. The van der Waals surface area contributed by atoms with Crippen molar-refractivity contribution in [3.8, 4) is 0 Å². The van der Waals surface area contributed by atoms with Crippen LogP contribution in [0.2, 0.25) is 0 Å². The van der Waals surface area contributed by atoms with E-state index < -0.39 is 0 Å². The van der Waals surface area contributed by atoms with Crippen LogP contribution in [0.5, 0.6) is 0 Å². The first kappa shape index (κ1) is 11.7. The molecule has 1 unspecified atom stereocenters. The molecule has 1 N–H and O–H groups in total. The van der Waals surface area contributed by atoms with Crippen LogP contribution in [0.3, 0.4) is 0 Å². The van der Waals surface area contributed by atoms with E-state index in [0.717, 1.165) is 5.56 Å². The Kier molecular flexibility index (Phi) is 3.46. The second kappa shape index (κ2) is 5.03. The summed E-state index contributed by atoms with van der Waals surface area (Å²) < 4.78 is 4.96. The molecule has 0 aromatic carbocycles. The zero-order valence-electron chi connectivity index (χ0n) is 9.81. The summed E-state index contributed by atoms with van der Waals surface area (Å²) in [6, 6.07) is 1.84.